The fourth-order valence-electron chi connectivity index (χ4n) is 2.25. The Bertz CT molecular complexity index is 811. The number of benzene rings is 2. The summed E-state index contributed by atoms with van der Waals surface area (Å²) in [6.07, 6.45) is 0. The number of halogens is 2. The molecular formula is C16H13ClFN3. The van der Waals surface area contributed by atoms with E-state index in [9.17, 15) is 4.39 Å². The van der Waals surface area contributed by atoms with Gasteiger partial charge in [-0.15, -0.1) is 0 Å². The van der Waals surface area contributed by atoms with Crippen LogP contribution in [0.5, 0.6) is 0 Å². The van der Waals surface area contributed by atoms with Crippen LogP contribution in [0.2, 0.25) is 5.02 Å². The van der Waals surface area contributed by atoms with Crippen molar-refractivity contribution in [1.29, 1.82) is 0 Å². The summed E-state index contributed by atoms with van der Waals surface area (Å²) in [4.78, 5) is 0. The van der Waals surface area contributed by atoms with Gasteiger partial charge in [0.25, 0.3) is 0 Å². The molecule has 3 rings (SSSR count). The van der Waals surface area contributed by atoms with Gasteiger partial charge in [-0.3, -0.25) is 5.10 Å². The van der Waals surface area contributed by atoms with Crippen LogP contribution in [0.3, 0.4) is 0 Å². The average Bonchev–Trinajstić information content (AvgIpc) is 2.84. The summed E-state index contributed by atoms with van der Waals surface area (Å²) in [6, 6.07) is 11.9. The molecular weight excluding hydrogens is 289 g/mol. The molecule has 3 nitrogen and oxygen atoms in total. The molecule has 3 aromatic rings. The van der Waals surface area contributed by atoms with Crippen molar-refractivity contribution in [1.82, 2.24) is 10.2 Å². The number of nitrogens with two attached hydrogens (primary N) is 1. The molecule has 0 unspecified atom stereocenters. The first-order chi connectivity index (χ1) is 10.1. The van der Waals surface area contributed by atoms with E-state index in [4.69, 9.17) is 17.3 Å². The van der Waals surface area contributed by atoms with Gasteiger partial charge in [0, 0.05) is 10.6 Å². The Hall–Kier alpha value is -2.33. The van der Waals surface area contributed by atoms with Gasteiger partial charge >= 0.3 is 0 Å². The largest absolute Gasteiger partial charge is 0.382 e. The molecule has 0 saturated heterocycles. The van der Waals surface area contributed by atoms with E-state index in [0.717, 1.165) is 16.8 Å². The van der Waals surface area contributed by atoms with Crippen LogP contribution in [0.1, 0.15) is 5.56 Å². The highest BCUT2D eigenvalue weighted by Crippen LogP contribution is 2.36. The molecule has 106 valence electrons. The number of aromatic amines is 1. The minimum Gasteiger partial charge on any atom is -0.382 e. The fraction of sp³-hybridized carbons (Fsp3) is 0.0625. The standard InChI is InChI=1S/C16H13ClFN3/c1-9-5-6-11(8-13(9)17)15-14(16(19)21-20-15)10-3-2-4-12(18)7-10/h2-8H,1H3,(H3,19,20,21). The zero-order chi connectivity index (χ0) is 15.0. The van der Waals surface area contributed by atoms with Crippen LogP contribution < -0.4 is 5.73 Å². The van der Waals surface area contributed by atoms with E-state index >= 15 is 0 Å². The summed E-state index contributed by atoms with van der Waals surface area (Å²) in [5, 5.41) is 7.60. The Labute approximate surface area is 126 Å². The Morgan fingerprint density at radius 3 is 2.67 bits per heavy atom. The van der Waals surface area contributed by atoms with Gasteiger partial charge in [-0.2, -0.15) is 5.10 Å². The maximum absolute atomic E-state index is 13.4. The molecule has 0 atom stereocenters. The van der Waals surface area contributed by atoms with Crippen molar-refractivity contribution >= 4 is 17.4 Å². The Morgan fingerprint density at radius 1 is 1.14 bits per heavy atom. The summed E-state index contributed by atoms with van der Waals surface area (Å²) >= 11 is 6.17. The summed E-state index contributed by atoms with van der Waals surface area (Å²) in [5.74, 6) is 0.00767. The van der Waals surface area contributed by atoms with E-state index in [-0.39, 0.29) is 5.82 Å². The lowest BCUT2D eigenvalue weighted by molar-refractivity contribution is 0.628. The monoisotopic (exact) mass is 301 g/mol. The highest BCUT2D eigenvalue weighted by molar-refractivity contribution is 6.31. The molecule has 0 aliphatic heterocycles. The second-order valence-corrected chi connectivity index (χ2v) is 5.24. The quantitative estimate of drug-likeness (QED) is 0.736. The van der Waals surface area contributed by atoms with Crippen molar-refractivity contribution in [3.8, 4) is 22.4 Å². The molecule has 0 aliphatic rings. The van der Waals surface area contributed by atoms with Crippen LogP contribution in [-0.4, -0.2) is 10.2 Å². The Morgan fingerprint density at radius 2 is 1.95 bits per heavy atom. The zero-order valence-corrected chi connectivity index (χ0v) is 12.1. The van der Waals surface area contributed by atoms with Crippen LogP contribution in [-0.2, 0) is 0 Å². The van der Waals surface area contributed by atoms with Gasteiger partial charge in [0.05, 0.1) is 11.3 Å². The number of rotatable bonds is 2. The minimum atomic E-state index is -0.319. The van der Waals surface area contributed by atoms with Gasteiger partial charge in [0.1, 0.15) is 5.82 Å². The molecule has 2 aromatic carbocycles. The number of nitrogens with one attached hydrogen (secondary N) is 1. The number of anilines is 1. The summed E-state index contributed by atoms with van der Waals surface area (Å²) in [6.45, 7) is 1.93. The first kappa shape index (κ1) is 13.6. The zero-order valence-electron chi connectivity index (χ0n) is 11.3. The second-order valence-electron chi connectivity index (χ2n) is 4.83. The number of nitrogen functional groups attached to an aromatic ring is 1. The summed E-state index contributed by atoms with van der Waals surface area (Å²) in [7, 11) is 0. The van der Waals surface area contributed by atoms with Gasteiger partial charge in [-0.1, -0.05) is 35.9 Å². The number of H-pyrrole nitrogens is 1. The Balaban J connectivity index is 2.19. The van der Waals surface area contributed by atoms with Gasteiger partial charge in [-0.25, -0.2) is 4.39 Å². The minimum absolute atomic E-state index is 0.319. The number of aromatic nitrogens is 2. The average molecular weight is 302 g/mol. The molecule has 21 heavy (non-hydrogen) atoms. The molecule has 1 heterocycles. The molecule has 0 fully saturated rings. The molecule has 0 amide bonds. The smallest absolute Gasteiger partial charge is 0.153 e. The van der Waals surface area contributed by atoms with Crippen LogP contribution in [0.4, 0.5) is 10.2 Å². The normalized spacial score (nSPS) is 10.8. The predicted octanol–water partition coefficient (Wildman–Crippen LogP) is 4.43. The molecule has 0 aliphatic carbocycles. The van der Waals surface area contributed by atoms with E-state index < -0.39 is 0 Å². The lowest BCUT2D eigenvalue weighted by Gasteiger charge is -2.06. The third kappa shape index (κ3) is 2.50. The van der Waals surface area contributed by atoms with E-state index in [1.54, 1.807) is 12.1 Å². The maximum atomic E-state index is 13.4. The lowest BCUT2D eigenvalue weighted by Crippen LogP contribution is -1.89. The third-order valence-electron chi connectivity index (χ3n) is 3.37. The molecule has 0 saturated carbocycles. The molecule has 0 bridgehead atoms. The highest BCUT2D eigenvalue weighted by atomic mass is 35.5. The second kappa shape index (κ2) is 5.22. The molecule has 1 aromatic heterocycles. The predicted molar refractivity (Wildman–Crippen MR) is 83.6 cm³/mol. The summed E-state index contributed by atoms with van der Waals surface area (Å²) in [5.41, 5.74) is 9.84. The van der Waals surface area contributed by atoms with Crippen LogP contribution in [0, 0.1) is 12.7 Å². The third-order valence-corrected chi connectivity index (χ3v) is 3.78. The fourth-order valence-corrected chi connectivity index (χ4v) is 2.43. The van der Waals surface area contributed by atoms with E-state index in [0.29, 0.717) is 22.0 Å². The van der Waals surface area contributed by atoms with Gasteiger partial charge in [-0.05, 0) is 36.2 Å². The van der Waals surface area contributed by atoms with Crippen molar-refractivity contribution in [2.75, 3.05) is 5.73 Å². The van der Waals surface area contributed by atoms with Crippen LogP contribution in [0.15, 0.2) is 42.5 Å². The van der Waals surface area contributed by atoms with Gasteiger partial charge < -0.3 is 5.73 Å². The van der Waals surface area contributed by atoms with Crippen molar-refractivity contribution in [2.45, 2.75) is 6.92 Å². The molecule has 5 heteroatoms. The molecule has 0 radical (unpaired) electrons. The number of hydrogen-bond acceptors (Lipinski definition) is 2. The SMILES string of the molecule is Cc1ccc(-c2[nH]nc(N)c2-c2cccc(F)c2)cc1Cl. The van der Waals surface area contributed by atoms with Crippen molar-refractivity contribution in [3.05, 3.63) is 58.9 Å². The summed E-state index contributed by atoms with van der Waals surface area (Å²) < 4.78 is 13.4. The Kier molecular flexibility index (Phi) is 3.39. The molecule has 0 spiro atoms. The lowest BCUT2D eigenvalue weighted by atomic mass is 10.00. The molecule has 3 N–H and O–H groups in total. The van der Waals surface area contributed by atoms with Crippen LogP contribution >= 0.6 is 11.6 Å². The highest BCUT2D eigenvalue weighted by Gasteiger charge is 2.15. The van der Waals surface area contributed by atoms with E-state index in [1.165, 1.54) is 12.1 Å². The van der Waals surface area contributed by atoms with Gasteiger partial charge in [0.2, 0.25) is 0 Å². The first-order valence-electron chi connectivity index (χ1n) is 6.42. The first-order valence-corrected chi connectivity index (χ1v) is 6.80. The maximum Gasteiger partial charge on any atom is 0.153 e. The van der Waals surface area contributed by atoms with Crippen molar-refractivity contribution in [3.63, 3.8) is 0 Å². The van der Waals surface area contributed by atoms with Crippen molar-refractivity contribution in [2.24, 2.45) is 0 Å². The number of nitrogens with zero attached hydrogens (tertiary/aromatic N) is 1. The van der Waals surface area contributed by atoms with E-state index in [1.807, 2.05) is 25.1 Å². The van der Waals surface area contributed by atoms with Crippen molar-refractivity contribution < 1.29 is 4.39 Å². The van der Waals surface area contributed by atoms with Gasteiger partial charge in [0.15, 0.2) is 5.82 Å². The van der Waals surface area contributed by atoms with Crippen LogP contribution in [0.25, 0.3) is 22.4 Å². The number of aryl methyl sites for hydroxylation is 1. The van der Waals surface area contributed by atoms with E-state index in [2.05, 4.69) is 10.2 Å². The topological polar surface area (TPSA) is 54.7 Å². The number of hydrogen-bond donors (Lipinski definition) is 2.